The standard InChI is InChI=1S/C10H13BrN2O/c11-6-7-12-10(14)13-8-9-4-2-1-3-5-9/h1-5H,6-8H2,(H2,12,13,14). The topological polar surface area (TPSA) is 41.1 Å². The number of halogens is 1. The van der Waals surface area contributed by atoms with E-state index in [9.17, 15) is 4.79 Å². The predicted octanol–water partition coefficient (Wildman–Crippen LogP) is 1.88. The molecule has 0 aliphatic carbocycles. The van der Waals surface area contributed by atoms with Crippen molar-refractivity contribution in [3.8, 4) is 0 Å². The van der Waals surface area contributed by atoms with Crippen molar-refractivity contribution in [1.29, 1.82) is 0 Å². The highest BCUT2D eigenvalue weighted by atomic mass is 79.9. The monoisotopic (exact) mass is 256 g/mol. The van der Waals surface area contributed by atoms with Gasteiger partial charge in [-0.05, 0) is 5.56 Å². The second kappa shape index (κ2) is 6.43. The Balaban J connectivity index is 2.24. The molecule has 0 aliphatic rings. The first-order valence-corrected chi connectivity index (χ1v) is 5.56. The van der Waals surface area contributed by atoms with E-state index in [1.54, 1.807) is 0 Å². The Hall–Kier alpha value is -1.03. The van der Waals surface area contributed by atoms with Gasteiger partial charge in [0.05, 0.1) is 0 Å². The molecule has 3 nitrogen and oxygen atoms in total. The third-order valence-electron chi connectivity index (χ3n) is 1.68. The van der Waals surface area contributed by atoms with Crippen LogP contribution in [0.4, 0.5) is 4.79 Å². The fourth-order valence-electron chi connectivity index (χ4n) is 1.00. The maximum Gasteiger partial charge on any atom is 0.315 e. The van der Waals surface area contributed by atoms with Crippen molar-refractivity contribution < 1.29 is 4.79 Å². The largest absolute Gasteiger partial charge is 0.337 e. The maximum atomic E-state index is 11.1. The molecule has 1 aromatic rings. The molecule has 2 N–H and O–H groups in total. The molecule has 14 heavy (non-hydrogen) atoms. The third-order valence-corrected chi connectivity index (χ3v) is 2.07. The Kier molecular flexibility index (Phi) is 5.07. The predicted molar refractivity (Wildman–Crippen MR) is 60.5 cm³/mol. The quantitative estimate of drug-likeness (QED) is 0.794. The number of urea groups is 1. The van der Waals surface area contributed by atoms with Crippen molar-refractivity contribution in [2.24, 2.45) is 0 Å². The summed E-state index contributed by atoms with van der Waals surface area (Å²) in [5.41, 5.74) is 1.10. The molecule has 0 bridgehead atoms. The number of benzene rings is 1. The van der Waals surface area contributed by atoms with Crippen LogP contribution in [0.5, 0.6) is 0 Å². The lowest BCUT2D eigenvalue weighted by Crippen LogP contribution is -2.35. The summed E-state index contributed by atoms with van der Waals surface area (Å²) in [5, 5.41) is 6.24. The summed E-state index contributed by atoms with van der Waals surface area (Å²) in [4.78, 5) is 11.1. The van der Waals surface area contributed by atoms with Gasteiger partial charge in [0, 0.05) is 18.4 Å². The molecule has 0 saturated carbocycles. The van der Waals surface area contributed by atoms with Gasteiger partial charge in [0.2, 0.25) is 0 Å². The molecule has 0 radical (unpaired) electrons. The van der Waals surface area contributed by atoms with Gasteiger partial charge in [-0.2, -0.15) is 0 Å². The van der Waals surface area contributed by atoms with E-state index in [0.29, 0.717) is 13.1 Å². The molecule has 0 saturated heterocycles. The van der Waals surface area contributed by atoms with Crippen LogP contribution in [0.3, 0.4) is 0 Å². The second-order valence-corrected chi connectivity index (χ2v) is 3.58. The van der Waals surface area contributed by atoms with Crippen molar-refractivity contribution >= 4 is 22.0 Å². The molecule has 1 rings (SSSR count). The minimum absolute atomic E-state index is 0.131. The second-order valence-electron chi connectivity index (χ2n) is 2.78. The van der Waals surface area contributed by atoms with Crippen LogP contribution in [0.25, 0.3) is 0 Å². The van der Waals surface area contributed by atoms with Crippen molar-refractivity contribution in [1.82, 2.24) is 10.6 Å². The summed E-state index contributed by atoms with van der Waals surface area (Å²) in [5.74, 6) is 0. The molecular formula is C10H13BrN2O. The average Bonchev–Trinajstić information content (AvgIpc) is 2.25. The van der Waals surface area contributed by atoms with Crippen LogP contribution in [0.15, 0.2) is 30.3 Å². The minimum Gasteiger partial charge on any atom is -0.337 e. The Morgan fingerprint density at radius 3 is 2.57 bits per heavy atom. The molecule has 1 aromatic carbocycles. The van der Waals surface area contributed by atoms with Crippen LogP contribution in [0.1, 0.15) is 5.56 Å². The van der Waals surface area contributed by atoms with Crippen molar-refractivity contribution in [2.75, 3.05) is 11.9 Å². The van der Waals surface area contributed by atoms with Gasteiger partial charge in [-0.15, -0.1) is 0 Å². The molecule has 0 aromatic heterocycles. The zero-order valence-electron chi connectivity index (χ0n) is 7.79. The van der Waals surface area contributed by atoms with E-state index in [1.807, 2.05) is 30.3 Å². The van der Waals surface area contributed by atoms with E-state index in [0.717, 1.165) is 10.9 Å². The number of alkyl halides is 1. The third kappa shape index (κ3) is 4.28. The highest BCUT2D eigenvalue weighted by molar-refractivity contribution is 9.09. The van der Waals surface area contributed by atoms with E-state index in [4.69, 9.17) is 0 Å². The molecule has 0 fully saturated rings. The zero-order chi connectivity index (χ0) is 10.2. The first-order chi connectivity index (χ1) is 6.83. The van der Waals surface area contributed by atoms with E-state index in [-0.39, 0.29) is 6.03 Å². The van der Waals surface area contributed by atoms with Gasteiger partial charge in [-0.25, -0.2) is 4.79 Å². The fourth-order valence-corrected chi connectivity index (χ4v) is 1.20. The molecule has 0 aliphatic heterocycles. The summed E-state index contributed by atoms with van der Waals surface area (Å²) in [6.07, 6.45) is 0. The molecular weight excluding hydrogens is 244 g/mol. The minimum atomic E-state index is -0.131. The Morgan fingerprint density at radius 1 is 1.21 bits per heavy atom. The molecule has 0 unspecified atom stereocenters. The van der Waals surface area contributed by atoms with E-state index >= 15 is 0 Å². The fraction of sp³-hybridized carbons (Fsp3) is 0.300. The number of amides is 2. The molecule has 2 amide bonds. The lowest BCUT2D eigenvalue weighted by Gasteiger charge is -2.05. The molecule has 0 spiro atoms. The SMILES string of the molecule is O=C(NCCBr)NCc1ccccc1. The molecule has 0 atom stereocenters. The van der Waals surface area contributed by atoms with Gasteiger partial charge in [-0.1, -0.05) is 46.3 Å². The molecule has 4 heteroatoms. The lowest BCUT2D eigenvalue weighted by molar-refractivity contribution is 0.241. The van der Waals surface area contributed by atoms with Gasteiger partial charge in [0.1, 0.15) is 0 Å². The average molecular weight is 257 g/mol. The summed E-state index contributed by atoms with van der Waals surface area (Å²) in [6, 6.07) is 9.68. The number of hydrogen-bond donors (Lipinski definition) is 2. The number of hydrogen-bond acceptors (Lipinski definition) is 1. The highest BCUT2D eigenvalue weighted by Crippen LogP contribution is 1.96. The van der Waals surface area contributed by atoms with Crippen LogP contribution < -0.4 is 10.6 Å². The number of nitrogens with one attached hydrogen (secondary N) is 2. The van der Waals surface area contributed by atoms with Gasteiger partial charge in [-0.3, -0.25) is 0 Å². The first-order valence-electron chi connectivity index (χ1n) is 4.44. The normalized spacial score (nSPS) is 9.50. The van der Waals surface area contributed by atoms with Crippen LogP contribution >= 0.6 is 15.9 Å². The Bertz CT molecular complexity index is 277. The van der Waals surface area contributed by atoms with Crippen LogP contribution in [-0.4, -0.2) is 17.9 Å². The Morgan fingerprint density at radius 2 is 1.93 bits per heavy atom. The zero-order valence-corrected chi connectivity index (χ0v) is 9.38. The smallest absolute Gasteiger partial charge is 0.315 e. The van der Waals surface area contributed by atoms with Gasteiger partial charge in [0.15, 0.2) is 0 Å². The molecule has 76 valence electrons. The van der Waals surface area contributed by atoms with Crippen molar-refractivity contribution in [2.45, 2.75) is 6.54 Å². The van der Waals surface area contributed by atoms with Crippen LogP contribution in [0, 0.1) is 0 Å². The first kappa shape index (κ1) is 11.0. The van der Waals surface area contributed by atoms with Crippen LogP contribution in [-0.2, 0) is 6.54 Å². The summed E-state index contributed by atoms with van der Waals surface area (Å²) in [6.45, 7) is 1.20. The number of carbonyl (C=O) groups excluding carboxylic acids is 1. The number of rotatable bonds is 4. The molecule has 0 heterocycles. The van der Waals surface area contributed by atoms with E-state index in [2.05, 4.69) is 26.6 Å². The lowest BCUT2D eigenvalue weighted by atomic mass is 10.2. The van der Waals surface area contributed by atoms with E-state index in [1.165, 1.54) is 0 Å². The van der Waals surface area contributed by atoms with Crippen LogP contribution in [0.2, 0.25) is 0 Å². The summed E-state index contributed by atoms with van der Waals surface area (Å²) < 4.78 is 0. The van der Waals surface area contributed by atoms with Gasteiger partial charge in [0.25, 0.3) is 0 Å². The highest BCUT2D eigenvalue weighted by Gasteiger charge is 1.97. The van der Waals surface area contributed by atoms with Crippen molar-refractivity contribution in [3.63, 3.8) is 0 Å². The Labute approximate surface area is 92.0 Å². The number of carbonyl (C=O) groups is 1. The van der Waals surface area contributed by atoms with E-state index < -0.39 is 0 Å². The summed E-state index contributed by atoms with van der Waals surface area (Å²) >= 11 is 3.23. The summed E-state index contributed by atoms with van der Waals surface area (Å²) in [7, 11) is 0. The van der Waals surface area contributed by atoms with Gasteiger partial charge < -0.3 is 10.6 Å². The maximum absolute atomic E-state index is 11.1. The van der Waals surface area contributed by atoms with Crippen molar-refractivity contribution in [3.05, 3.63) is 35.9 Å². The van der Waals surface area contributed by atoms with Gasteiger partial charge >= 0.3 is 6.03 Å².